The zero-order valence-electron chi connectivity index (χ0n) is 50.0. The second-order valence-corrected chi connectivity index (χ2v) is 24.4. The largest absolute Gasteiger partial charge is 0.455 e. The van der Waals surface area contributed by atoms with Crippen molar-refractivity contribution in [3.05, 3.63) is 328 Å². The van der Waals surface area contributed by atoms with Crippen LogP contribution in [0.3, 0.4) is 0 Å². The van der Waals surface area contributed by atoms with Crippen LogP contribution in [0.4, 0.5) is 0 Å². The van der Waals surface area contributed by atoms with E-state index in [9.17, 15) is 0 Å². The normalized spacial score (nSPS) is 11.9. The summed E-state index contributed by atoms with van der Waals surface area (Å²) < 4.78 is 13.5. The highest BCUT2D eigenvalue weighted by atomic mass is 16.3. The maximum Gasteiger partial charge on any atom is 0.143 e. The van der Waals surface area contributed by atoms with Crippen LogP contribution < -0.4 is 0 Å². The van der Waals surface area contributed by atoms with E-state index in [0.29, 0.717) is 0 Å². The van der Waals surface area contributed by atoms with E-state index in [2.05, 4.69) is 328 Å². The van der Waals surface area contributed by atoms with E-state index < -0.39 is 0 Å². The lowest BCUT2D eigenvalue weighted by Crippen LogP contribution is -1.92. The molecule has 2 nitrogen and oxygen atoms in total. The van der Waals surface area contributed by atoms with Crippen LogP contribution in [0, 0.1) is 0 Å². The molecule has 0 aliphatic carbocycles. The Balaban J connectivity index is 0.000000132. The Kier molecular flexibility index (Phi) is 11.7. The summed E-state index contributed by atoms with van der Waals surface area (Å²) in [6, 6.07) is 119. The second kappa shape index (κ2) is 20.8. The molecule has 0 aliphatic heterocycles. The summed E-state index contributed by atoms with van der Waals surface area (Å²) in [5, 5.41) is 26.4. The Bertz CT molecular complexity index is 6330. The zero-order valence-corrected chi connectivity index (χ0v) is 50.0. The SMILES string of the molecule is c1ccc(-c2cccc(-c3c4ccccc4c(-c4cc5c6ccc7ccccc7c6oc5c5ccccc45)c4ccccc34)c2)cc1.c1ccc2cc(-c3c4ccccc4c(-c4cc5c6ccc7ccccc7c6oc5c5ccccc45)c4ccccc34)ccc2c1. The zero-order chi connectivity index (χ0) is 60.4. The Hall–Kier alpha value is -12.1. The van der Waals surface area contributed by atoms with Gasteiger partial charge < -0.3 is 8.83 Å². The fourth-order valence-electron chi connectivity index (χ4n) is 15.4. The van der Waals surface area contributed by atoms with Crippen LogP contribution in [0.25, 0.3) is 196 Å². The number of furan rings is 2. The van der Waals surface area contributed by atoms with Crippen molar-refractivity contribution in [2.24, 2.45) is 0 Å². The smallest absolute Gasteiger partial charge is 0.143 e. The second-order valence-electron chi connectivity index (χ2n) is 24.4. The molecular weight excluding hydrogens is 1110 g/mol. The molecule has 0 spiro atoms. The van der Waals surface area contributed by atoms with Crippen molar-refractivity contribution in [2.45, 2.75) is 0 Å². The summed E-state index contributed by atoms with van der Waals surface area (Å²) in [5.74, 6) is 0. The Morgan fingerprint density at radius 3 is 0.902 bits per heavy atom. The fraction of sp³-hybridized carbons (Fsp3) is 0. The lowest BCUT2D eigenvalue weighted by atomic mass is 9.84. The average Bonchev–Trinajstić information content (AvgIpc) is 1.25. The van der Waals surface area contributed by atoms with Crippen molar-refractivity contribution in [3.8, 4) is 55.6 Å². The third-order valence-electron chi connectivity index (χ3n) is 19.4. The Labute approximate surface area is 529 Å². The quantitative estimate of drug-likeness (QED) is 0.161. The highest BCUT2D eigenvalue weighted by Crippen LogP contribution is 2.51. The van der Waals surface area contributed by atoms with E-state index in [1.165, 1.54) is 131 Å². The predicted octanol–water partition coefficient (Wildman–Crippen LogP) is 25.9. The molecule has 0 N–H and O–H groups in total. The van der Waals surface area contributed by atoms with Crippen LogP contribution in [0.2, 0.25) is 0 Å². The highest BCUT2D eigenvalue weighted by Gasteiger charge is 2.24. The summed E-state index contributed by atoms with van der Waals surface area (Å²) >= 11 is 0. The molecule has 18 aromatic carbocycles. The Morgan fingerprint density at radius 1 is 0.141 bits per heavy atom. The monoisotopic (exact) mass is 1170 g/mol. The van der Waals surface area contributed by atoms with Gasteiger partial charge in [-0.1, -0.05) is 291 Å². The van der Waals surface area contributed by atoms with Crippen molar-refractivity contribution >= 4 is 141 Å². The molecule has 2 aromatic heterocycles. The molecule has 0 saturated carbocycles. The third kappa shape index (κ3) is 8.00. The molecule has 0 amide bonds. The van der Waals surface area contributed by atoms with Gasteiger partial charge in [-0.3, -0.25) is 0 Å². The molecule has 0 aliphatic rings. The topological polar surface area (TPSA) is 26.3 Å². The summed E-state index contributed by atoms with van der Waals surface area (Å²) in [6.07, 6.45) is 0. The number of hydrogen-bond donors (Lipinski definition) is 0. The molecule has 0 radical (unpaired) electrons. The highest BCUT2D eigenvalue weighted by molar-refractivity contribution is 6.30. The molecule has 2 heteroatoms. The molecule has 0 saturated heterocycles. The van der Waals surface area contributed by atoms with Crippen molar-refractivity contribution in [3.63, 3.8) is 0 Å². The molecule has 0 bridgehead atoms. The van der Waals surface area contributed by atoms with Gasteiger partial charge >= 0.3 is 0 Å². The van der Waals surface area contributed by atoms with Crippen molar-refractivity contribution in [1.82, 2.24) is 0 Å². The first-order valence-corrected chi connectivity index (χ1v) is 31.7. The average molecular weight is 1170 g/mol. The molecule has 20 aromatic rings. The number of rotatable bonds is 5. The van der Waals surface area contributed by atoms with Crippen LogP contribution in [-0.2, 0) is 0 Å². The lowest BCUT2D eigenvalue weighted by molar-refractivity contribution is 0.676. The van der Waals surface area contributed by atoms with Gasteiger partial charge in [0.15, 0.2) is 0 Å². The van der Waals surface area contributed by atoms with Gasteiger partial charge in [-0.15, -0.1) is 0 Å². The van der Waals surface area contributed by atoms with Gasteiger partial charge in [0.25, 0.3) is 0 Å². The maximum atomic E-state index is 6.77. The molecule has 2 heterocycles. The van der Waals surface area contributed by atoms with Gasteiger partial charge in [-0.2, -0.15) is 0 Å². The van der Waals surface area contributed by atoms with Crippen molar-refractivity contribution in [1.29, 1.82) is 0 Å². The molecule has 0 fully saturated rings. The first-order chi connectivity index (χ1) is 45.7. The number of benzene rings is 18. The summed E-state index contributed by atoms with van der Waals surface area (Å²) in [5.41, 5.74) is 16.2. The minimum Gasteiger partial charge on any atom is -0.455 e. The number of hydrogen-bond acceptors (Lipinski definition) is 2. The van der Waals surface area contributed by atoms with Gasteiger partial charge in [-0.25, -0.2) is 0 Å². The van der Waals surface area contributed by atoms with Crippen LogP contribution in [0.1, 0.15) is 0 Å². The molecule has 0 atom stereocenters. The minimum absolute atomic E-state index is 0.943. The van der Waals surface area contributed by atoms with Crippen LogP contribution in [0.5, 0.6) is 0 Å². The molecule has 426 valence electrons. The van der Waals surface area contributed by atoms with Crippen LogP contribution >= 0.6 is 0 Å². The van der Waals surface area contributed by atoms with Gasteiger partial charge in [0, 0.05) is 43.1 Å². The van der Waals surface area contributed by atoms with E-state index in [4.69, 9.17) is 8.83 Å². The van der Waals surface area contributed by atoms with Crippen molar-refractivity contribution < 1.29 is 8.83 Å². The van der Waals surface area contributed by atoms with Gasteiger partial charge in [0.1, 0.15) is 22.3 Å². The van der Waals surface area contributed by atoms with Crippen LogP contribution in [-0.4, -0.2) is 0 Å². The van der Waals surface area contributed by atoms with Crippen molar-refractivity contribution in [2.75, 3.05) is 0 Å². The first-order valence-electron chi connectivity index (χ1n) is 31.7. The predicted molar refractivity (Wildman–Crippen MR) is 392 cm³/mol. The number of fused-ring (bicyclic) bond motifs is 19. The Morgan fingerprint density at radius 2 is 0.446 bits per heavy atom. The van der Waals surface area contributed by atoms with E-state index in [0.717, 1.165) is 65.4 Å². The van der Waals surface area contributed by atoms with Gasteiger partial charge in [0.05, 0.1) is 0 Å². The van der Waals surface area contributed by atoms with E-state index in [1.54, 1.807) is 0 Å². The van der Waals surface area contributed by atoms with Crippen LogP contribution in [0.15, 0.2) is 336 Å². The molecule has 92 heavy (non-hydrogen) atoms. The van der Waals surface area contributed by atoms with E-state index >= 15 is 0 Å². The van der Waals surface area contributed by atoms with Gasteiger partial charge in [0.2, 0.25) is 0 Å². The maximum absolute atomic E-state index is 6.77. The summed E-state index contributed by atoms with van der Waals surface area (Å²) in [7, 11) is 0. The molecule has 20 rings (SSSR count). The molecule has 0 unspecified atom stereocenters. The van der Waals surface area contributed by atoms with E-state index in [1.807, 2.05) is 0 Å². The summed E-state index contributed by atoms with van der Waals surface area (Å²) in [6.45, 7) is 0. The molecular formula is C90H54O2. The lowest BCUT2D eigenvalue weighted by Gasteiger charge is -2.19. The van der Waals surface area contributed by atoms with Gasteiger partial charge in [-0.05, 0) is 167 Å². The van der Waals surface area contributed by atoms with E-state index in [-0.39, 0.29) is 0 Å². The fourth-order valence-corrected chi connectivity index (χ4v) is 15.4. The third-order valence-corrected chi connectivity index (χ3v) is 19.4. The minimum atomic E-state index is 0.943. The first kappa shape index (κ1) is 51.9. The standard InChI is InChI=1S/C46H28O.C44H26O/c1-2-13-29(14-3-1)31-16-12-17-32(27-31)43-35-20-7-9-22-37(35)44(38-23-10-8-21-36(38)43)41-28-42-40-26-25-30-15-4-5-18-33(30)45(40)47-46(42)39-24-11-6-19-34(39)41;1-2-13-29-25-30(22-21-27(29)11-1)41-33-16-6-8-18-35(33)42(36-19-9-7-17-34(36)41)39-26-40-38-24-23-28-12-3-4-14-31(28)43(38)45-44(40)37-20-10-5-15-32(37)39/h1-28H;1-26H. The summed E-state index contributed by atoms with van der Waals surface area (Å²) in [4.78, 5) is 0.